The molecule has 2 aromatic carbocycles. The van der Waals surface area contributed by atoms with E-state index in [0.717, 1.165) is 29.0 Å². The van der Waals surface area contributed by atoms with Crippen LogP contribution in [0.3, 0.4) is 0 Å². The van der Waals surface area contributed by atoms with Gasteiger partial charge < -0.3 is 5.32 Å². The number of aryl methyl sites for hydroxylation is 1. The Bertz CT molecular complexity index is 1170. The molecule has 0 aliphatic carbocycles. The molecule has 1 N–H and O–H groups in total. The van der Waals surface area contributed by atoms with Gasteiger partial charge in [-0.15, -0.1) is 10.2 Å². The topological polar surface area (TPSA) is 72.2 Å². The summed E-state index contributed by atoms with van der Waals surface area (Å²) in [5.41, 5.74) is 3.38. The number of hydrogen-bond donors (Lipinski definition) is 1. The van der Waals surface area contributed by atoms with Gasteiger partial charge >= 0.3 is 0 Å². The fourth-order valence-electron chi connectivity index (χ4n) is 2.72. The fraction of sp³-hybridized carbons (Fsp3) is 0.100. The first-order chi connectivity index (χ1) is 13.5. The maximum atomic E-state index is 13.3. The van der Waals surface area contributed by atoms with Crippen molar-refractivity contribution in [2.45, 2.75) is 13.5 Å². The van der Waals surface area contributed by atoms with Crippen molar-refractivity contribution in [3.05, 3.63) is 83.2 Å². The molecule has 140 valence electrons. The predicted octanol–water partition coefficient (Wildman–Crippen LogP) is 3.31. The second kappa shape index (κ2) is 7.15. The molecule has 0 unspecified atom stereocenters. The third-order valence-electron chi connectivity index (χ3n) is 4.26. The van der Waals surface area contributed by atoms with E-state index < -0.39 is 17.5 Å². The van der Waals surface area contributed by atoms with Crippen molar-refractivity contribution < 1.29 is 13.6 Å². The molecule has 0 fully saturated rings. The number of benzene rings is 2. The van der Waals surface area contributed by atoms with Crippen LogP contribution in [0.25, 0.3) is 16.9 Å². The maximum Gasteiger partial charge on any atom is 0.251 e. The highest BCUT2D eigenvalue weighted by molar-refractivity contribution is 5.94. The lowest BCUT2D eigenvalue weighted by atomic mass is 10.1. The lowest BCUT2D eigenvalue weighted by Crippen LogP contribution is -2.24. The van der Waals surface area contributed by atoms with Crippen LogP contribution in [0.2, 0.25) is 0 Å². The molecule has 0 bridgehead atoms. The van der Waals surface area contributed by atoms with Gasteiger partial charge in [0.25, 0.3) is 5.91 Å². The van der Waals surface area contributed by atoms with Gasteiger partial charge in [-0.05, 0) is 37.3 Å². The summed E-state index contributed by atoms with van der Waals surface area (Å²) in [7, 11) is 0. The van der Waals surface area contributed by atoms with Crippen LogP contribution in [0.15, 0.2) is 54.6 Å². The zero-order chi connectivity index (χ0) is 19.7. The average molecular weight is 379 g/mol. The van der Waals surface area contributed by atoms with E-state index in [9.17, 15) is 13.6 Å². The summed E-state index contributed by atoms with van der Waals surface area (Å²) in [6.07, 6.45) is 0. The SMILES string of the molecule is Cc1ccc(-c2ccc3nnc(CNC(=O)c4ccc(F)c(F)c4)n3n2)cc1. The van der Waals surface area contributed by atoms with Crippen molar-refractivity contribution in [1.29, 1.82) is 0 Å². The molecule has 0 atom stereocenters. The predicted molar refractivity (Wildman–Crippen MR) is 98.5 cm³/mol. The number of carbonyl (C=O) groups is 1. The van der Waals surface area contributed by atoms with Crippen molar-refractivity contribution in [3.8, 4) is 11.3 Å². The van der Waals surface area contributed by atoms with Crippen LogP contribution in [0.5, 0.6) is 0 Å². The Morgan fingerprint density at radius 2 is 1.79 bits per heavy atom. The normalized spacial score (nSPS) is 11.0. The minimum Gasteiger partial charge on any atom is -0.345 e. The molecular formula is C20H15F2N5O. The second-order valence-electron chi connectivity index (χ2n) is 6.28. The van der Waals surface area contributed by atoms with E-state index in [1.807, 2.05) is 37.3 Å². The largest absolute Gasteiger partial charge is 0.345 e. The summed E-state index contributed by atoms with van der Waals surface area (Å²) >= 11 is 0. The molecule has 6 nitrogen and oxygen atoms in total. The minimum atomic E-state index is -1.08. The van der Waals surface area contributed by atoms with Crippen molar-refractivity contribution in [1.82, 2.24) is 25.1 Å². The molecule has 0 aliphatic heterocycles. The van der Waals surface area contributed by atoms with E-state index in [1.54, 1.807) is 10.6 Å². The number of fused-ring (bicyclic) bond motifs is 1. The highest BCUT2D eigenvalue weighted by Gasteiger charge is 2.13. The van der Waals surface area contributed by atoms with Crippen molar-refractivity contribution in [3.63, 3.8) is 0 Å². The number of nitrogens with one attached hydrogen (secondary N) is 1. The van der Waals surface area contributed by atoms with Crippen LogP contribution in [0, 0.1) is 18.6 Å². The number of rotatable bonds is 4. The Balaban J connectivity index is 1.56. The summed E-state index contributed by atoms with van der Waals surface area (Å²) in [5, 5.41) is 15.2. The van der Waals surface area contributed by atoms with Gasteiger partial charge in [0.2, 0.25) is 0 Å². The van der Waals surface area contributed by atoms with Crippen LogP contribution in [-0.2, 0) is 6.54 Å². The van der Waals surface area contributed by atoms with E-state index in [4.69, 9.17) is 0 Å². The third-order valence-corrected chi connectivity index (χ3v) is 4.26. The first-order valence-corrected chi connectivity index (χ1v) is 8.53. The monoisotopic (exact) mass is 379 g/mol. The molecule has 28 heavy (non-hydrogen) atoms. The van der Waals surface area contributed by atoms with Gasteiger partial charge in [-0.1, -0.05) is 29.8 Å². The summed E-state index contributed by atoms with van der Waals surface area (Å²) < 4.78 is 27.9. The molecule has 0 saturated carbocycles. The number of carbonyl (C=O) groups excluding carboxylic acids is 1. The van der Waals surface area contributed by atoms with Crippen molar-refractivity contribution >= 4 is 11.6 Å². The van der Waals surface area contributed by atoms with Gasteiger partial charge in [-0.25, -0.2) is 8.78 Å². The Morgan fingerprint density at radius 1 is 1.00 bits per heavy atom. The Labute approximate surface area is 158 Å². The fourth-order valence-corrected chi connectivity index (χ4v) is 2.72. The molecule has 0 saturated heterocycles. The van der Waals surface area contributed by atoms with Gasteiger partial charge in [-0.2, -0.15) is 9.61 Å². The van der Waals surface area contributed by atoms with E-state index in [0.29, 0.717) is 11.5 Å². The lowest BCUT2D eigenvalue weighted by Gasteiger charge is -2.06. The molecule has 4 rings (SSSR count). The zero-order valence-corrected chi connectivity index (χ0v) is 14.9. The highest BCUT2D eigenvalue weighted by atomic mass is 19.2. The zero-order valence-electron chi connectivity index (χ0n) is 14.9. The van der Waals surface area contributed by atoms with Gasteiger partial charge in [0, 0.05) is 11.1 Å². The van der Waals surface area contributed by atoms with Crippen molar-refractivity contribution in [2.75, 3.05) is 0 Å². The molecular weight excluding hydrogens is 364 g/mol. The molecule has 4 aromatic rings. The lowest BCUT2D eigenvalue weighted by molar-refractivity contribution is 0.0949. The average Bonchev–Trinajstić information content (AvgIpc) is 3.11. The van der Waals surface area contributed by atoms with Crippen LogP contribution in [0.1, 0.15) is 21.7 Å². The molecule has 2 heterocycles. The van der Waals surface area contributed by atoms with Crippen LogP contribution in [0.4, 0.5) is 8.78 Å². The van der Waals surface area contributed by atoms with Gasteiger partial charge in [0.1, 0.15) is 0 Å². The number of halogens is 2. The Morgan fingerprint density at radius 3 is 2.54 bits per heavy atom. The molecule has 2 aromatic heterocycles. The van der Waals surface area contributed by atoms with Gasteiger partial charge in [0.15, 0.2) is 23.1 Å². The molecule has 8 heteroatoms. The van der Waals surface area contributed by atoms with Crippen molar-refractivity contribution in [2.24, 2.45) is 0 Å². The van der Waals surface area contributed by atoms with Crippen LogP contribution >= 0.6 is 0 Å². The number of hydrogen-bond acceptors (Lipinski definition) is 4. The summed E-state index contributed by atoms with van der Waals surface area (Å²) in [5.74, 6) is -2.22. The summed E-state index contributed by atoms with van der Waals surface area (Å²) in [6, 6.07) is 14.5. The second-order valence-corrected chi connectivity index (χ2v) is 6.28. The summed E-state index contributed by atoms with van der Waals surface area (Å²) in [6.45, 7) is 2.04. The Kier molecular flexibility index (Phi) is 4.52. The molecule has 1 amide bonds. The van der Waals surface area contributed by atoms with Crippen LogP contribution < -0.4 is 5.32 Å². The third kappa shape index (κ3) is 3.44. The smallest absolute Gasteiger partial charge is 0.251 e. The Hall–Kier alpha value is -3.68. The molecule has 0 aliphatic rings. The first-order valence-electron chi connectivity index (χ1n) is 8.53. The molecule has 0 radical (unpaired) electrons. The van der Waals surface area contributed by atoms with E-state index in [1.165, 1.54) is 6.07 Å². The van der Waals surface area contributed by atoms with E-state index >= 15 is 0 Å². The standard InChI is InChI=1S/C20H15F2N5O/c1-12-2-4-13(5-3-12)17-8-9-18-24-25-19(27(18)26-17)11-23-20(28)14-6-7-15(21)16(22)10-14/h2-10H,11H2,1H3,(H,23,28). The van der Waals surface area contributed by atoms with E-state index in [-0.39, 0.29) is 12.1 Å². The highest BCUT2D eigenvalue weighted by Crippen LogP contribution is 2.18. The van der Waals surface area contributed by atoms with Gasteiger partial charge in [0.05, 0.1) is 12.2 Å². The van der Waals surface area contributed by atoms with Gasteiger partial charge in [-0.3, -0.25) is 4.79 Å². The minimum absolute atomic E-state index is 0.0148. The first kappa shape index (κ1) is 17.7. The molecule has 0 spiro atoms. The van der Waals surface area contributed by atoms with E-state index in [2.05, 4.69) is 20.6 Å². The van der Waals surface area contributed by atoms with Crippen LogP contribution in [-0.4, -0.2) is 25.7 Å². The maximum absolute atomic E-state index is 13.3. The number of nitrogens with zero attached hydrogens (tertiary/aromatic N) is 4. The number of amides is 1. The summed E-state index contributed by atoms with van der Waals surface area (Å²) in [4.78, 5) is 12.2. The number of aromatic nitrogens is 4. The quantitative estimate of drug-likeness (QED) is 0.591.